The van der Waals surface area contributed by atoms with Crippen LogP contribution in [0.5, 0.6) is 0 Å². The van der Waals surface area contributed by atoms with Crippen molar-refractivity contribution < 1.29 is 4.79 Å². The molecule has 4 rings (SSSR count). The van der Waals surface area contributed by atoms with Crippen molar-refractivity contribution in [3.8, 4) is 0 Å². The number of hydrogen-bond acceptors (Lipinski definition) is 4. The molecule has 182 valence electrons. The minimum Gasteiger partial charge on any atom is -0.368 e. The molecule has 1 aliphatic rings. The Labute approximate surface area is 229 Å². The molecule has 1 saturated heterocycles. The first-order valence-electron chi connectivity index (χ1n) is 10.9. The fourth-order valence-corrected chi connectivity index (χ4v) is 4.83. The number of carbonyl (C=O) groups is 1. The Hall–Kier alpha value is -2.06. The minimum absolute atomic E-state index is 0.151. The first-order valence-corrected chi connectivity index (χ1v) is 12.8. The number of amides is 1. The second-order valence-electron chi connectivity index (χ2n) is 8.06. The van der Waals surface area contributed by atoms with Crippen molar-refractivity contribution in [3.05, 3.63) is 91.9 Å². The number of hydrogen-bond donors (Lipinski definition) is 2. The number of piperazine rings is 1. The fourth-order valence-electron chi connectivity index (χ4n) is 3.83. The standard InChI is InChI=1S/C25H22Cl4N4OS/c26-19-4-2-1-3-17(19)15-32-9-11-33(12-10-32)23-8-6-18(14-22(23)29)30-25(35)31-24(34)16-5-7-20(27)21(28)13-16/h1-8,13-14H,9-12,15H2,(H2,30,31,34,35). The number of anilines is 2. The van der Waals surface area contributed by atoms with Gasteiger partial charge in [-0.1, -0.05) is 64.6 Å². The molecule has 0 spiro atoms. The summed E-state index contributed by atoms with van der Waals surface area (Å²) in [6, 6.07) is 18.2. The summed E-state index contributed by atoms with van der Waals surface area (Å²) in [5.41, 5.74) is 3.12. The van der Waals surface area contributed by atoms with Gasteiger partial charge < -0.3 is 10.2 Å². The largest absolute Gasteiger partial charge is 0.368 e. The second-order valence-corrected chi connectivity index (χ2v) is 10.1. The Kier molecular flexibility index (Phi) is 8.76. The third-order valence-electron chi connectivity index (χ3n) is 5.68. The molecule has 1 fully saturated rings. The topological polar surface area (TPSA) is 47.6 Å². The highest BCUT2D eigenvalue weighted by Crippen LogP contribution is 2.30. The summed E-state index contributed by atoms with van der Waals surface area (Å²) in [4.78, 5) is 17.1. The highest BCUT2D eigenvalue weighted by molar-refractivity contribution is 7.80. The lowest BCUT2D eigenvalue weighted by Gasteiger charge is -2.36. The van der Waals surface area contributed by atoms with Gasteiger partial charge in [0.2, 0.25) is 0 Å². The summed E-state index contributed by atoms with van der Waals surface area (Å²) in [5, 5.41) is 7.85. The van der Waals surface area contributed by atoms with Gasteiger partial charge in [0, 0.05) is 49.0 Å². The van der Waals surface area contributed by atoms with Gasteiger partial charge in [0.1, 0.15) is 0 Å². The number of thiocarbonyl (C=S) groups is 1. The van der Waals surface area contributed by atoms with Crippen LogP contribution in [0.2, 0.25) is 20.1 Å². The summed E-state index contributed by atoms with van der Waals surface area (Å²) in [7, 11) is 0. The Morgan fingerprint density at radius 2 is 1.57 bits per heavy atom. The fraction of sp³-hybridized carbons (Fsp3) is 0.200. The van der Waals surface area contributed by atoms with E-state index in [0.717, 1.165) is 49.0 Å². The Balaban J connectivity index is 1.31. The second kappa shape index (κ2) is 11.8. The average molecular weight is 568 g/mol. The first-order chi connectivity index (χ1) is 16.8. The minimum atomic E-state index is -0.390. The molecule has 0 bridgehead atoms. The zero-order valence-corrected chi connectivity index (χ0v) is 22.4. The smallest absolute Gasteiger partial charge is 0.257 e. The molecule has 5 nitrogen and oxygen atoms in total. The highest BCUT2D eigenvalue weighted by Gasteiger charge is 2.20. The molecule has 3 aromatic rings. The van der Waals surface area contributed by atoms with Crippen LogP contribution < -0.4 is 15.5 Å². The predicted octanol–water partition coefficient (Wildman–Crippen LogP) is 6.75. The van der Waals surface area contributed by atoms with E-state index in [9.17, 15) is 4.79 Å². The maximum Gasteiger partial charge on any atom is 0.257 e. The average Bonchev–Trinajstić information content (AvgIpc) is 2.83. The molecule has 10 heteroatoms. The molecule has 2 N–H and O–H groups in total. The molecule has 1 heterocycles. The van der Waals surface area contributed by atoms with Gasteiger partial charge in [-0.05, 0) is 60.2 Å². The van der Waals surface area contributed by atoms with Crippen molar-refractivity contribution in [3.63, 3.8) is 0 Å². The molecular formula is C25H22Cl4N4OS. The van der Waals surface area contributed by atoms with Crippen molar-refractivity contribution in [2.75, 3.05) is 36.4 Å². The zero-order valence-electron chi connectivity index (χ0n) is 18.5. The number of halogens is 4. The van der Waals surface area contributed by atoms with Crippen molar-refractivity contribution in [2.45, 2.75) is 6.54 Å². The molecule has 0 saturated carbocycles. The van der Waals surface area contributed by atoms with Gasteiger partial charge in [0.15, 0.2) is 5.11 Å². The van der Waals surface area contributed by atoms with Crippen LogP contribution in [0.3, 0.4) is 0 Å². The van der Waals surface area contributed by atoms with E-state index in [1.807, 2.05) is 30.3 Å². The lowest BCUT2D eigenvalue weighted by molar-refractivity contribution is 0.0977. The van der Waals surface area contributed by atoms with Crippen LogP contribution in [-0.2, 0) is 6.54 Å². The van der Waals surface area contributed by atoms with E-state index in [1.165, 1.54) is 6.07 Å². The van der Waals surface area contributed by atoms with Crippen molar-refractivity contribution in [2.24, 2.45) is 0 Å². The lowest BCUT2D eigenvalue weighted by Crippen LogP contribution is -2.46. The van der Waals surface area contributed by atoms with E-state index in [4.69, 9.17) is 58.6 Å². The monoisotopic (exact) mass is 566 g/mol. The number of nitrogens with zero attached hydrogens (tertiary/aromatic N) is 2. The van der Waals surface area contributed by atoms with E-state index in [1.54, 1.807) is 18.2 Å². The van der Waals surface area contributed by atoms with Crippen LogP contribution in [0.25, 0.3) is 0 Å². The third kappa shape index (κ3) is 6.79. The van der Waals surface area contributed by atoms with Crippen LogP contribution in [0.4, 0.5) is 11.4 Å². The van der Waals surface area contributed by atoms with Crippen LogP contribution in [0.1, 0.15) is 15.9 Å². The molecule has 35 heavy (non-hydrogen) atoms. The molecule has 0 aliphatic carbocycles. The molecule has 0 unspecified atom stereocenters. The normalized spacial score (nSPS) is 14.0. The predicted molar refractivity (Wildman–Crippen MR) is 151 cm³/mol. The summed E-state index contributed by atoms with van der Waals surface area (Å²) >= 11 is 30.1. The van der Waals surface area contributed by atoms with E-state index >= 15 is 0 Å². The summed E-state index contributed by atoms with van der Waals surface area (Å²) < 4.78 is 0. The molecular weight excluding hydrogens is 546 g/mol. The van der Waals surface area contributed by atoms with E-state index in [0.29, 0.717) is 26.3 Å². The van der Waals surface area contributed by atoms with Gasteiger partial charge in [0.25, 0.3) is 5.91 Å². The van der Waals surface area contributed by atoms with Crippen LogP contribution in [0.15, 0.2) is 60.7 Å². The molecule has 0 aromatic heterocycles. The summed E-state index contributed by atoms with van der Waals surface area (Å²) in [6.07, 6.45) is 0. The number of nitrogens with one attached hydrogen (secondary N) is 2. The van der Waals surface area contributed by atoms with Gasteiger partial charge in [-0.2, -0.15) is 0 Å². The van der Waals surface area contributed by atoms with E-state index in [2.05, 4.69) is 26.5 Å². The van der Waals surface area contributed by atoms with Gasteiger partial charge in [-0.25, -0.2) is 0 Å². The third-order valence-corrected chi connectivity index (χ3v) is 7.29. The maximum absolute atomic E-state index is 12.4. The quantitative estimate of drug-likeness (QED) is 0.334. The molecule has 1 amide bonds. The summed E-state index contributed by atoms with van der Waals surface area (Å²) in [5.74, 6) is -0.390. The summed E-state index contributed by atoms with van der Waals surface area (Å²) in [6.45, 7) is 4.36. The van der Waals surface area contributed by atoms with Gasteiger partial charge in [-0.15, -0.1) is 0 Å². The SMILES string of the molecule is O=C(NC(=S)Nc1ccc(N2CCN(Cc3ccccc3Cl)CC2)c(Cl)c1)c1ccc(Cl)c(Cl)c1. The first kappa shape index (κ1) is 26.0. The van der Waals surface area contributed by atoms with Crippen LogP contribution >= 0.6 is 58.6 Å². The Morgan fingerprint density at radius 1 is 0.829 bits per heavy atom. The van der Waals surface area contributed by atoms with Crippen LogP contribution in [0, 0.1) is 0 Å². The zero-order chi connectivity index (χ0) is 24.9. The van der Waals surface area contributed by atoms with Crippen molar-refractivity contribution >= 4 is 81.0 Å². The molecule has 3 aromatic carbocycles. The Bertz CT molecular complexity index is 1250. The Morgan fingerprint density at radius 3 is 2.26 bits per heavy atom. The maximum atomic E-state index is 12.4. The van der Waals surface area contributed by atoms with Gasteiger partial charge in [0.05, 0.1) is 20.8 Å². The number of rotatable bonds is 5. The van der Waals surface area contributed by atoms with E-state index < -0.39 is 5.91 Å². The van der Waals surface area contributed by atoms with Gasteiger partial charge in [-0.3, -0.25) is 15.0 Å². The molecule has 1 aliphatic heterocycles. The molecule has 0 atom stereocenters. The number of carbonyl (C=O) groups excluding carboxylic acids is 1. The van der Waals surface area contributed by atoms with Gasteiger partial charge >= 0.3 is 0 Å². The highest BCUT2D eigenvalue weighted by atomic mass is 35.5. The van der Waals surface area contributed by atoms with Crippen molar-refractivity contribution in [1.29, 1.82) is 0 Å². The lowest BCUT2D eigenvalue weighted by atomic mass is 10.2. The van der Waals surface area contributed by atoms with Crippen molar-refractivity contribution in [1.82, 2.24) is 10.2 Å². The molecule has 0 radical (unpaired) electrons. The number of benzene rings is 3. The van der Waals surface area contributed by atoms with Crippen LogP contribution in [-0.4, -0.2) is 42.1 Å². The van der Waals surface area contributed by atoms with E-state index in [-0.39, 0.29) is 5.11 Å².